The van der Waals surface area contributed by atoms with Gasteiger partial charge < -0.3 is 14.6 Å². The van der Waals surface area contributed by atoms with Crippen molar-refractivity contribution in [1.82, 2.24) is 0 Å². The molecule has 0 bridgehead atoms. The van der Waals surface area contributed by atoms with E-state index < -0.39 is 6.29 Å². The second kappa shape index (κ2) is 12.4. The van der Waals surface area contributed by atoms with Crippen LogP contribution in [0.25, 0.3) is 0 Å². The highest BCUT2D eigenvalue weighted by Crippen LogP contribution is 2.60. The van der Waals surface area contributed by atoms with Gasteiger partial charge in [-0.1, -0.05) is 33.6 Å². The van der Waals surface area contributed by atoms with Gasteiger partial charge in [0, 0.05) is 13.0 Å². The Hall–Kier alpha value is -0.610. The molecule has 0 aromatic rings. The Morgan fingerprint density at radius 2 is 1.88 bits per heavy atom. The maximum Gasteiger partial charge on any atom is 0.308 e. The molecule has 9 atom stereocenters. The zero-order valence-corrected chi connectivity index (χ0v) is 22.2. The number of ether oxygens (including phenoxy) is 2. The molecule has 8 unspecified atom stereocenters. The van der Waals surface area contributed by atoms with E-state index in [2.05, 4.69) is 20.8 Å². The Labute approximate surface area is 203 Å². The number of carbonyl (C=O) groups excluding carboxylic acids is 1. The summed E-state index contributed by atoms with van der Waals surface area (Å²) < 4.78 is 10.7. The maximum atomic E-state index is 12.2. The number of hydrogen-bond donors (Lipinski definition) is 1. The van der Waals surface area contributed by atoms with Gasteiger partial charge in [0.2, 0.25) is 0 Å². The SMILES string of the molecule is CCCCC1C(C2CCC(C(C)CCC(=O)OC(C)OCC)C2)CCC2C[C@@H](O)CCC21C. The molecular weight excluding hydrogens is 412 g/mol. The minimum Gasteiger partial charge on any atom is -0.436 e. The summed E-state index contributed by atoms with van der Waals surface area (Å²) in [5.41, 5.74) is 0.433. The van der Waals surface area contributed by atoms with Gasteiger partial charge in [0.05, 0.1) is 6.10 Å². The maximum absolute atomic E-state index is 12.2. The molecule has 0 saturated heterocycles. The molecule has 0 aromatic heterocycles. The van der Waals surface area contributed by atoms with Crippen molar-refractivity contribution >= 4 is 5.97 Å². The van der Waals surface area contributed by atoms with Gasteiger partial charge in [-0.3, -0.25) is 4.79 Å². The predicted molar refractivity (Wildman–Crippen MR) is 134 cm³/mol. The standard InChI is InChI=1S/C29H52O4/c1-6-8-9-27-26(14-13-24-19-25(30)16-17-29(24,27)5)23-12-11-22(18-23)20(3)10-15-28(31)33-21(4)32-7-2/h20-27,30H,6-19H2,1-5H3/t20?,21?,22?,23?,24?,25-,26?,27?,29?/m0/s1. The van der Waals surface area contributed by atoms with Crippen LogP contribution in [0, 0.1) is 40.9 Å². The van der Waals surface area contributed by atoms with Crippen molar-refractivity contribution in [3.8, 4) is 0 Å². The summed E-state index contributed by atoms with van der Waals surface area (Å²) in [6.45, 7) is 11.5. The lowest BCUT2D eigenvalue weighted by Gasteiger charge is -2.56. The number of rotatable bonds is 11. The normalized spacial score (nSPS) is 38.5. The van der Waals surface area contributed by atoms with Crippen LogP contribution in [0.1, 0.15) is 118 Å². The summed E-state index contributed by atoms with van der Waals surface area (Å²) in [5.74, 6) is 4.48. The zero-order valence-electron chi connectivity index (χ0n) is 22.2. The molecule has 0 aliphatic heterocycles. The first-order valence-corrected chi connectivity index (χ1v) is 14.3. The summed E-state index contributed by atoms with van der Waals surface area (Å²) in [6.07, 6.45) is 14.9. The Morgan fingerprint density at radius 3 is 2.61 bits per heavy atom. The lowest BCUT2D eigenvalue weighted by atomic mass is 9.49. The molecule has 0 radical (unpaired) electrons. The van der Waals surface area contributed by atoms with Crippen LogP contribution in [0.2, 0.25) is 0 Å². The number of aliphatic hydroxyl groups is 1. The van der Waals surface area contributed by atoms with Crippen molar-refractivity contribution in [2.24, 2.45) is 40.9 Å². The lowest BCUT2D eigenvalue weighted by molar-refractivity contribution is -0.174. The lowest BCUT2D eigenvalue weighted by Crippen LogP contribution is -2.49. The molecule has 0 heterocycles. The summed E-state index contributed by atoms with van der Waals surface area (Å²) >= 11 is 0. The monoisotopic (exact) mass is 464 g/mol. The van der Waals surface area contributed by atoms with E-state index in [4.69, 9.17) is 9.47 Å². The van der Waals surface area contributed by atoms with Gasteiger partial charge in [0.15, 0.2) is 6.29 Å². The highest BCUT2D eigenvalue weighted by molar-refractivity contribution is 5.69. The van der Waals surface area contributed by atoms with Crippen LogP contribution in [0.3, 0.4) is 0 Å². The van der Waals surface area contributed by atoms with Crippen LogP contribution in [-0.2, 0) is 14.3 Å². The minimum atomic E-state index is -0.439. The first kappa shape index (κ1) is 27.0. The van der Waals surface area contributed by atoms with Crippen LogP contribution in [0.4, 0.5) is 0 Å². The number of aliphatic hydroxyl groups excluding tert-OH is 1. The fraction of sp³-hybridized carbons (Fsp3) is 0.966. The van der Waals surface area contributed by atoms with Crippen LogP contribution < -0.4 is 0 Å². The fourth-order valence-corrected chi connectivity index (χ4v) is 8.00. The Morgan fingerprint density at radius 1 is 1.09 bits per heavy atom. The molecule has 3 saturated carbocycles. The number of esters is 1. The van der Waals surface area contributed by atoms with E-state index in [9.17, 15) is 9.90 Å². The Kier molecular flexibility index (Phi) is 10.1. The first-order chi connectivity index (χ1) is 15.8. The van der Waals surface area contributed by atoms with E-state index in [1.165, 1.54) is 57.8 Å². The second-order valence-corrected chi connectivity index (χ2v) is 12.0. The van der Waals surface area contributed by atoms with E-state index in [0.29, 0.717) is 24.4 Å². The van der Waals surface area contributed by atoms with E-state index in [0.717, 1.165) is 48.9 Å². The van der Waals surface area contributed by atoms with E-state index in [1.54, 1.807) is 6.92 Å². The summed E-state index contributed by atoms with van der Waals surface area (Å²) in [5, 5.41) is 10.3. The van der Waals surface area contributed by atoms with Gasteiger partial charge in [-0.15, -0.1) is 0 Å². The van der Waals surface area contributed by atoms with Gasteiger partial charge >= 0.3 is 5.97 Å². The Bertz CT molecular complexity index is 606. The predicted octanol–water partition coefficient (Wildman–Crippen LogP) is 7.13. The van der Waals surface area contributed by atoms with Crippen molar-refractivity contribution in [3.05, 3.63) is 0 Å². The molecule has 0 amide bonds. The molecule has 3 aliphatic rings. The van der Waals surface area contributed by atoms with Crippen LogP contribution in [-0.4, -0.2) is 30.1 Å². The van der Waals surface area contributed by atoms with Crippen molar-refractivity contribution in [1.29, 1.82) is 0 Å². The largest absolute Gasteiger partial charge is 0.436 e. The van der Waals surface area contributed by atoms with Crippen LogP contribution in [0.15, 0.2) is 0 Å². The average molecular weight is 465 g/mol. The fourth-order valence-electron chi connectivity index (χ4n) is 8.00. The summed E-state index contributed by atoms with van der Waals surface area (Å²) in [4.78, 5) is 12.2. The molecule has 1 N–H and O–H groups in total. The number of hydrogen-bond acceptors (Lipinski definition) is 4. The number of fused-ring (bicyclic) bond motifs is 1. The Balaban J connectivity index is 1.55. The van der Waals surface area contributed by atoms with Crippen molar-refractivity contribution in [3.63, 3.8) is 0 Å². The van der Waals surface area contributed by atoms with Crippen LogP contribution >= 0.6 is 0 Å². The summed E-state index contributed by atoms with van der Waals surface area (Å²) in [7, 11) is 0. The summed E-state index contributed by atoms with van der Waals surface area (Å²) in [6, 6.07) is 0. The molecule has 192 valence electrons. The zero-order chi connectivity index (χ0) is 24.0. The highest BCUT2D eigenvalue weighted by atomic mass is 16.7. The minimum absolute atomic E-state index is 0.0635. The molecule has 0 aromatic carbocycles. The third kappa shape index (κ3) is 6.75. The third-order valence-electron chi connectivity index (χ3n) is 10.0. The molecule has 3 rings (SSSR count). The third-order valence-corrected chi connectivity index (χ3v) is 10.0. The number of unbranched alkanes of at least 4 members (excludes halogenated alkanes) is 1. The quantitative estimate of drug-likeness (QED) is 0.261. The van der Waals surface area contributed by atoms with Crippen molar-refractivity contribution in [2.75, 3.05) is 6.61 Å². The number of carbonyl (C=O) groups is 1. The molecule has 4 heteroatoms. The van der Waals surface area contributed by atoms with Gasteiger partial charge in [-0.2, -0.15) is 0 Å². The van der Waals surface area contributed by atoms with Gasteiger partial charge in [0.1, 0.15) is 0 Å². The molecule has 0 spiro atoms. The van der Waals surface area contributed by atoms with E-state index in [1.807, 2.05) is 6.92 Å². The van der Waals surface area contributed by atoms with Crippen molar-refractivity contribution < 1.29 is 19.4 Å². The van der Waals surface area contributed by atoms with E-state index in [-0.39, 0.29) is 12.1 Å². The molecule has 4 nitrogen and oxygen atoms in total. The second-order valence-electron chi connectivity index (χ2n) is 12.0. The molecular formula is C29H52O4. The van der Waals surface area contributed by atoms with Crippen LogP contribution in [0.5, 0.6) is 0 Å². The molecule has 3 fully saturated rings. The molecule has 33 heavy (non-hydrogen) atoms. The van der Waals surface area contributed by atoms with Gasteiger partial charge in [-0.25, -0.2) is 0 Å². The first-order valence-electron chi connectivity index (χ1n) is 14.3. The smallest absolute Gasteiger partial charge is 0.308 e. The topological polar surface area (TPSA) is 55.8 Å². The van der Waals surface area contributed by atoms with Gasteiger partial charge in [-0.05, 0) is 119 Å². The highest BCUT2D eigenvalue weighted by Gasteiger charge is 2.52. The molecule has 3 aliphatic carbocycles. The van der Waals surface area contributed by atoms with Crippen molar-refractivity contribution in [2.45, 2.75) is 130 Å². The average Bonchev–Trinajstić information content (AvgIpc) is 3.26. The van der Waals surface area contributed by atoms with Gasteiger partial charge in [0.25, 0.3) is 0 Å². The van der Waals surface area contributed by atoms with E-state index >= 15 is 0 Å².